The van der Waals surface area contributed by atoms with E-state index in [1.165, 1.54) is 0 Å². The average Bonchev–Trinajstić information content (AvgIpc) is 2.59. The molecular formula is C11H20FN2O14P3S. The molecule has 0 aliphatic rings. The number of nitrogens with one attached hydrogen (secondary N) is 1. The second-order valence-corrected chi connectivity index (χ2v) is 11.8. The highest BCUT2D eigenvalue weighted by molar-refractivity contribution is 8.08. The summed E-state index contributed by atoms with van der Waals surface area (Å²) in [6.45, 7) is -7.67. The fourth-order valence-corrected chi connectivity index (χ4v) is 6.03. The number of ether oxygens (including phenoxy) is 1. The van der Waals surface area contributed by atoms with E-state index in [-0.39, 0.29) is 0 Å². The second-order valence-electron chi connectivity index (χ2n) is 6.01. The Bertz CT molecular complexity index is 1040. The van der Waals surface area contributed by atoms with Crippen molar-refractivity contribution in [3.05, 3.63) is 33.1 Å². The van der Waals surface area contributed by atoms with E-state index in [4.69, 9.17) is 14.5 Å². The lowest BCUT2D eigenvalue weighted by molar-refractivity contribution is -0.206. The molecule has 186 valence electrons. The Morgan fingerprint density at radius 3 is 2.28 bits per heavy atom. The highest BCUT2D eigenvalue weighted by Gasteiger charge is 2.44. The number of hydrogen-bond donors (Lipinski definition) is 7. The SMILES string of the molecule is C[C@H](O)[C@@](CF)(COP(O)(=S)OP(=O)(O)OP(=O)(O)O)O[C@H](CO)n1ccc(=O)[nH]c1=O. The van der Waals surface area contributed by atoms with Crippen LogP contribution in [0, 0.1) is 0 Å². The van der Waals surface area contributed by atoms with E-state index in [1.54, 1.807) is 0 Å². The van der Waals surface area contributed by atoms with E-state index in [2.05, 4.69) is 25.0 Å². The van der Waals surface area contributed by atoms with Crippen molar-refractivity contribution < 1.29 is 61.2 Å². The highest BCUT2D eigenvalue weighted by atomic mass is 32.5. The van der Waals surface area contributed by atoms with Crippen LogP contribution in [0.2, 0.25) is 0 Å². The van der Waals surface area contributed by atoms with Gasteiger partial charge in [0.2, 0.25) is 0 Å². The van der Waals surface area contributed by atoms with Gasteiger partial charge in [0.25, 0.3) is 5.56 Å². The maximum Gasteiger partial charge on any atom is 0.488 e. The summed E-state index contributed by atoms with van der Waals surface area (Å²) in [5.74, 6) is 0. The van der Waals surface area contributed by atoms with Crippen molar-refractivity contribution in [1.82, 2.24) is 9.55 Å². The molecule has 0 aliphatic heterocycles. The first-order chi connectivity index (χ1) is 14.5. The summed E-state index contributed by atoms with van der Waals surface area (Å²) in [6.07, 6.45) is -2.59. The van der Waals surface area contributed by atoms with Crippen molar-refractivity contribution in [2.45, 2.75) is 24.9 Å². The second kappa shape index (κ2) is 11.2. The molecule has 0 bridgehead atoms. The molecule has 0 spiro atoms. The summed E-state index contributed by atoms with van der Waals surface area (Å²) in [6, 6.07) is 0.880. The minimum absolute atomic E-state index is 0.634. The minimum Gasteiger partial charge on any atom is -0.392 e. The van der Waals surface area contributed by atoms with Crippen molar-refractivity contribution >= 4 is 34.2 Å². The predicted octanol–water partition coefficient (Wildman–Crippen LogP) is -1.41. The van der Waals surface area contributed by atoms with Crippen LogP contribution in [-0.4, -0.2) is 70.9 Å². The number of rotatable bonds is 13. The maximum absolute atomic E-state index is 13.9. The zero-order valence-corrected chi connectivity index (χ0v) is 19.5. The number of aliphatic hydroxyl groups is 2. The van der Waals surface area contributed by atoms with E-state index < -0.39 is 71.4 Å². The predicted molar refractivity (Wildman–Crippen MR) is 105 cm³/mol. The van der Waals surface area contributed by atoms with Crippen LogP contribution in [0.1, 0.15) is 13.2 Å². The Hall–Kier alpha value is -0.680. The van der Waals surface area contributed by atoms with E-state index in [9.17, 15) is 43.1 Å². The molecule has 7 N–H and O–H groups in total. The van der Waals surface area contributed by atoms with Crippen LogP contribution >= 0.6 is 22.4 Å². The molecule has 0 saturated heterocycles. The van der Waals surface area contributed by atoms with Gasteiger partial charge in [-0.3, -0.25) is 14.3 Å². The van der Waals surface area contributed by atoms with Gasteiger partial charge >= 0.3 is 28.1 Å². The number of aliphatic hydroxyl groups excluding tert-OH is 2. The Morgan fingerprint density at radius 1 is 1.25 bits per heavy atom. The Balaban J connectivity index is 3.12. The lowest BCUT2D eigenvalue weighted by Crippen LogP contribution is -2.52. The Kier molecular flexibility index (Phi) is 10.2. The maximum atomic E-state index is 13.9. The lowest BCUT2D eigenvalue weighted by atomic mass is 10.0. The van der Waals surface area contributed by atoms with Crippen LogP contribution in [0.15, 0.2) is 21.9 Å². The molecule has 1 rings (SSSR count). The van der Waals surface area contributed by atoms with Gasteiger partial charge in [-0.2, -0.15) is 4.31 Å². The third-order valence-corrected chi connectivity index (χ3v) is 8.26. The van der Waals surface area contributed by atoms with Crippen LogP contribution in [0.5, 0.6) is 0 Å². The van der Waals surface area contributed by atoms with E-state index >= 15 is 0 Å². The van der Waals surface area contributed by atoms with Crippen molar-refractivity contribution in [2.24, 2.45) is 0 Å². The molecule has 0 aromatic carbocycles. The minimum atomic E-state index is -5.65. The van der Waals surface area contributed by atoms with Gasteiger partial charge in [0.05, 0.1) is 19.3 Å². The molecule has 5 atom stereocenters. The summed E-state index contributed by atoms with van der Waals surface area (Å²) in [7, 11) is -11.2. The highest BCUT2D eigenvalue weighted by Crippen LogP contribution is 2.66. The van der Waals surface area contributed by atoms with Gasteiger partial charge in [-0.1, -0.05) is 0 Å². The largest absolute Gasteiger partial charge is 0.488 e. The fourth-order valence-electron chi connectivity index (χ4n) is 2.04. The molecular weight excluding hydrogens is 528 g/mol. The van der Waals surface area contributed by atoms with Crippen LogP contribution in [-0.2, 0) is 38.8 Å². The molecule has 32 heavy (non-hydrogen) atoms. The molecule has 0 aliphatic carbocycles. The topological polar surface area (TPSA) is 247 Å². The molecule has 1 aromatic rings. The summed E-state index contributed by atoms with van der Waals surface area (Å²) in [5, 5.41) is 19.5. The van der Waals surface area contributed by atoms with Crippen LogP contribution < -0.4 is 11.2 Å². The molecule has 0 saturated carbocycles. The number of phosphoric acid groups is 2. The summed E-state index contributed by atoms with van der Waals surface area (Å²) in [4.78, 5) is 61.2. The van der Waals surface area contributed by atoms with Crippen LogP contribution in [0.4, 0.5) is 4.39 Å². The summed E-state index contributed by atoms with van der Waals surface area (Å²) in [5.41, 5.74) is -4.33. The van der Waals surface area contributed by atoms with E-state index in [0.717, 1.165) is 19.2 Å². The van der Waals surface area contributed by atoms with Gasteiger partial charge in [0.15, 0.2) is 6.23 Å². The lowest BCUT2D eigenvalue weighted by Gasteiger charge is -2.37. The molecule has 1 aromatic heterocycles. The Labute approximate surface area is 183 Å². The third kappa shape index (κ3) is 8.93. The normalized spacial score (nSPS) is 20.0. The number of H-pyrrole nitrogens is 1. The molecule has 0 amide bonds. The molecule has 1 heterocycles. The van der Waals surface area contributed by atoms with E-state index in [0.29, 0.717) is 4.57 Å². The van der Waals surface area contributed by atoms with Crippen molar-refractivity contribution in [3.8, 4) is 0 Å². The standard InChI is InChI=1S/C11H20FN2O14P3S/c1-7(16)11(5-12,26-9(4-15)14-3-2-8(17)13-10(14)18)6-25-31(24,32)28-30(22,23)27-29(19,20)21/h2-3,7,9,15-16H,4-6H2,1H3,(H,22,23)(H,24,32)(H,13,17,18)(H2,19,20,21)/t7-,9+,11+,31?/m0/s1. The average molecular weight is 548 g/mol. The number of nitrogens with zero attached hydrogens (tertiary/aromatic N) is 1. The fraction of sp³-hybridized carbons (Fsp3) is 0.636. The van der Waals surface area contributed by atoms with Gasteiger partial charge < -0.3 is 39.0 Å². The van der Waals surface area contributed by atoms with Gasteiger partial charge in [-0.05, 0) is 18.7 Å². The third-order valence-electron chi connectivity index (χ3n) is 3.56. The molecule has 16 nitrogen and oxygen atoms in total. The van der Waals surface area contributed by atoms with Crippen molar-refractivity contribution in [3.63, 3.8) is 0 Å². The first kappa shape index (κ1) is 29.4. The zero-order chi connectivity index (χ0) is 25.0. The number of halogens is 1. The molecule has 0 radical (unpaired) electrons. The molecule has 21 heteroatoms. The van der Waals surface area contributed by atoms with Crippen LogP contribution in [0.3, 0.4) is 0 Å². The van der Waals surface area contributed by atoms with Crippen molar-refractivity contribution in [2.75, 3.05) is 19.9 Å². The zero-order valence-electron chi connectivity index (χ0n) is 16.0. The monoisotopic (exact) mass is 548 g/mol. The van der Waals surface area contributed by atoms with Gasteiger partial charge in [-0.25, -0.2) is 22.6 Å². The summed E-state index contributed by atoms with van der Waals surface area (Å²) < 4.78 is 54.1. The van der Waals surface area contributed by atoms with Crippen molar-refractivity contribution in [1.29, 1.82) is 0 Å². The van der Waals surface area contributed by atoms with Gasteiger partial charge in [0, 0.05) is 12.3 Å². The number of aromatic nitrogens is 2. The smallest absolute Gasteiger partial charge is 0.392 e. The van der Waals surface area contributed by atoms with E-state index in [1.807, 2.05) is 4.98 Å². The molecule has 0 fully saturated rings. The number of aromatic amines is 1. The van der Waals surface area contributed by atoms with Crippen LogP contribution in [0.25, 0.3) is 0 Å². The number of alkyl halides is 1. The first-order valence-corrected chi connectivity index (χ1v) is 13.7. The quantitative estimate of drug-likeness (QED) is 0.140. The Morgan fingerprint density at radius 2 is 1.84 bits per heavy atom. The van der Waals surface area contributed by atoms with Gasteiger partial charge in [-0.15, -0.1) is 0 Å². The first-order valence-electron chi connectivity index (χ1n) is 8.08. The molecule has 2 unspecified atom stereocenters. The van der Waals surface area contributed by atoms with Gasteiger partial charge in [0.1, 0.15) is 12.3 Å². The number of hydrogen-bond acceptors (Lipinski definition) is 11. The summed E-state index contributed by atoms with van der Waals surface area (Å²) >= 11 is 4.41.